The fraction of sp³-hybridized carbons (Fsp3) is 0.562. The molecule has 2 N–H and O–H groups in total. The van der Waals surface area contributed by atoms with Gasteiger partial charge in [0.25, 0.3) is 0 Å². The van der Waals surface area contributed by atoms with E-state index in [0.717, 1.165) is 13.1 Å². The van der Waals surface area contributed by atoms with Crippen molar-refractivity contribution in [1.29, 1.82) is 0 Å². The van der Waals surface area contributed by atoms with Crippen molar-refractivity contribution in [1.82, 2.24) is 10.6 Å². The number of aryl methyl sites for hydroxylation is 2. The van der Waals surface area contributed by atoms with Crippen molar-refractivity contribution in [3.63, 3.8) is 0 Å². The number of hydrogen-bond acceptors (Lipinski definition) is 2. The number of rotatable bonds is 6. The number of carbonyl (C=O) groups excluding carboxylic acids is 1. The van der Waals surface area contributed by atoms with Crippen molar-refractivity contribution >= 4 is 5.91 Å². The normalized spacial score (nSPS) is 12.5. The van der Waals surface area contributed by atoms with E-state index in [2.05, 4.69) is 56.5 Å². The van der Waals surface area contributed by atoms with Crippen molar-refractivity contribution in [2.45, 2.75) is 47.2 Å². The van der Waals surface area contributed by atoms with Crippen molar-refractivity contribution in [3.05, 3.63) is 34.9 Å². The Morgan fingerprint density at radius 2 is 1.84 bits per heavy atom. The van der Waals surface area contributed by atoms with Gasteiger partial charge in [-0.1, -0.05) is 32.0 Å². The third-order valence-corrected chi connectivity index (χ3v) is 3.26. The molecule has 106 valence electrons. The van der Waals surface area contributed by atoms with Gasteiger partial charge in [0.15, 0.2) is 0 Å². The molecule has 19 heavy (non-hydrogen) atoms. The van der Waals surface area contributed by atoms with E-state index in [1.54, 1.807) is 0 Å². The van der Waals surface area contributed by atoms with E-state index >= 15 is 0 Å². The first-order chi connectivity index (χ1) is 8.90. The maximum absolute atomic E-state index is 11.8. The second-order valence-electron chi connectivity index (χ2n) is 5.66. The van der Waals surface area contributed by atoms with Crippen LogP contribution in [-0.2, 0) is 11.3 Å². The van der Waals surface area contributed by atoms with Crippen LogP contribution in [0.4, 0.5) is 0 Å². The van der Waals surface area contributed by atoms with Gasteiger partial charge in [0.1, 0.15) is 0 Å². The molecule has 3 nitrogen and oxygen atoms in total. The summed E-state index contributed by atoms with van der Waals surface area (Å²) in [6, 6.07) is 6.23. The van der Waals surface area contributed by atoms with Gasteiger partial charge in [0.2, 0.25) is 5.91 Å². The number of amides is 1. The first kappa shape index (κ1) is 15.7. The van der Waals surface area contributed by atoms with Gasteiger partial charge in [-0.2, -0.15) is 0 Å². The quantitative estimate of drug-likeness (QED) is 0.827. The Morgan fingerprint density at radius 1 is 1.16 bits per heavy atom. The van der Waals surface area contributed by atoms with Crippen molar-refractivity contribution < 1.29 is 4.79 Å². The molecule has 0 spiro atoms. The van der Waals surface area contributed by atoms with E-state index in [-0.39, 0.29) is 11.9 Å². The van der Waals surface area contributed by atoms with E-state index in [4.69, 9.17) is 0 Å². The molecule has 0 aliphatic rings. The topological polar surface area (TPSA) is 41.1 Å². The highest BCUT2D eigenvalue weighted by atomic mass is 16.2. The summed E-state index contributed by atoms with van der Waals surface area (Å²) in [7, 11) is 0. The summed E-state index contributed by atoms with van der Waals surface area (Å²) in [5.74, 6) is 0.549. The average molecular weight is 262 g/mol. The molecule has 0 heterocycles. The highest BCUT2D eigenvalue weighted by molar-refractivity contribution is 5.81. The van der Waals surface area contributed by atoms with Gasteiger partial charge in [-0.3, -0.25) is 4.79 Å². The summed E-state index contributed by atoms with van der Waals surface area (Å²) in [6.45, 7) is 11.7. The van der Waals surface area contributed by atoms with E-state index in [1.165, 1.54) is 16.7 Å². The monoisotopic (exact) mass is 262 g/mol. The fourth-order valence-electron chi connectivity index (χ4n) is 1.73. The summed E-state index contributed by atoms with van der Waals surface area (Å²) >= 11 is 0. The van der Waals surface area contributed by atoms with Crippen LogP contribution in [0.2, 0.25) is 0 Å². The molecule has 1 aromatic carbocycles. The molecule has 0 saturated carbocycles. The highest BCUT2D eigenvalue weighted by Crippen LogP contribution is 2.09. The summed E-state index contributed by atoms with van der Waals surface area (Å²) < 4.78 is 0. The van der Waals surface area contributed by atoms with E-state index < -0.39 is 0 Å². The first-order valence-corrected chi connectivity index (χ1v) is 6.97. The molecule has 1 unspecified atom stereocenters. The van der Waals surface area contributed by atoms with Crippen LogP contribution in [0.3, 0.4) is 0 Å². The smallest absolute Gasteiger partial charge is 0.236 e. The lowest BCUT2D eigenvalue weighted by atomic mass is 10.1. The lowest BCUT2D eigenvalue weighted by Gasteiger charge is -2.15. The molecule has 0 aromatic heterocycles. The Morgan fingerprint density at radius 3 is 2.42 bits per heavy atom. The molecule has 1 rings (SSSR count). The summed E-state index contributed by atoms with van der Waals surface area (Å²) in [5, 5.41) is 6.19. The van der Waals surface area contributed by atoms with Crippen LogP contribution in [0.1, 0.15) is 37.5 Å². The lowest BCUT2D eigenvalue weighted by Crippen LogP contribution is -2.42. The number of nitrogens with one attached hydrogen (secondary N) is 2. The number of benzene rings is 1. The van der Waals surface area contributed by atoms with Crippen LogP contribution in [0, 0.1) is 19.8 Å². The predicted octanol–water partition coefficient (Wildman–Crippen LogP) is 2.55. The maximum Gasteiger partial charge on any atom is 0.236 e. The zero-order valence-electron chi connectivity index (χ0n) is 12.7. The molecule has 0 aliphatic carbocycles. The van der Waals surface area contributed by atoms with E-state index in [0.29, 0.717) is 5.92 Å². The third kappa shape index (κ3) is 5.43. The minimum absolute atomic E-state index is 0.0672. The highest BCUT2D eigenvalue weighted by Gasteiger charge is 2.11. The minimum Gasteiger partial charge on any atom is -0.354 e. The van der Waals surface area contributed by atoms with Gasteiger partial charge >= 0.3 is 0 Å². The minimum atomic E-state index is -0.166. The molecule has 0 bridgehead atoms. The predicted molar refractivity (Wildman–Crippen MR) is 80.1 cm³/mol. The van der Waals surface area contributed by atoms with E-state index in [1.807, 2.05) is 6.92 Å². The van der Waals surface area contributed by atoms with Crippen LogP contribution >= 0.6 is 0 Å². The second kappa shape index (κ2) is 7.29. The molecular weight excluding hydrogens is 236 g/mol. The first-order valence-electron chi connectivity index (χ1n) is 6.97. The zero-order chi connectivity index (χ0) is 14.4. The zero-order valence-corrected chi connectivity index (χ0v) is 12.7. The van der Waals surface area contributed by atoms with Crippen molar-refractivity contribution in [2.75, 3.05) is 6.54 Å². The number of hydrogen-bond donors (Lipinski definition) is 2. The van der Waals surface area contributed by atoms with Crippen LogP contribution in [0.5, 0.6) is 0 Å². The van der Waals surface area contributed by atoms with Gasteiger partial charge < -0.3 is 10.6 Å². The van der Waals surface area contributed by atoms with Gasteiger partial charge in [0, 0.05) is 13.1 Å². The Hall–Kier alpha value is -1.35. The molecule has 0 radical (unpaired) electrons. The van der Waals surface area contributed by atoms with Crippen molar-refractivity contribution in [3.8, 4) is 0 Å². The van der Waals surface area contributed by atoms with Crippen molar-refractivity contribution in [2.24, 2.45) is 5.92 Å². The fourth-order valence-corrected chi connectivity index (χ4v) is 1.73. The molecule has 3 heteroatoms. The van der Waals surface area contributed by atoms with Gasteiger partial charge in [-0.25, -0.2) is 0 Å². The molecule has 0 saturated heterocycles. The van der Waals surface area contributed by atoms with Gasteiger partial charge in [-0.15, -0.1) is 0 Å². The Kier molecular flexibility index (Phi) is 6.03. The standard InChI is InChI=1S/C16H26N2O/c1-11(2)9-18-16(19)14(5)17-10-15-7-6-12(3)13(4)8-15/h6-8,11,14,17H,9-10H2,1-5H3,(H,18,19). The Labute approximate surface area is 116 Å². The third-order valence-electron chi connectivity index (χ3n) is 3.26. The molecule has 0 fully saturated rings. The lowest BCUT2D eigenvalue weighted by molar-refractivity contribution is -0.122. The van der Waals surface area contributed by atoms with Gasteiger partial charge in [-0.05, 0) is 43.4 Å². The van der Waals surface area contributed by atoms with Crippen LogP contribution in [-0.4, -0.2) is 18.5 Å². The Balaban J connectivity index is 2.42. The van der Waals surface area contributed by atoms with E-state index in [9.17, 15) is 4.79 Å². The van der Waals surface area contributed by atoms with Crippen LogP contribution < -0.4 is 10.6 Å². The second-order valence-corrected chi connectivity index (χ2v) is 5.66. The van der Waals surface area contributed by atoms with Crippen LogP contribution in [0.15, 0.2) is 18.2 Å². The average Bonchev–Trinajstić information content (AvgIpc) is 2.36. The number of carbonyl (C=O) groups is 1. The molecule has 0 aliphatic heterocycles. The maximum atomic E-state index is 11.8. The van der Waals surface area contributed by atoms with Gasteiger partial charge in [0.05, 0.1) is 6.04 Å². The summed E-state index contributed by atoms with van der Waals surface area (Å²) in [6.07, 6.45) is 0. The van der Waals surface area contributed by atoms with Crippen LogP contribution in [0.25, 0.3) is 0 Å². The summed E-state index contributed by atoms with van der Waals surface area (Å²) in [4.78, 5) is 11.8. The SMILES string of the molecule is Cc1ccc(CNC(C)C(=O)NCC(C)C)cc1C. The molecular formula is C16H26N2O. The summed E-state index contributed by atoms with van der Waals surface area (Å²) in [5.41, 5.74) is 3.80. The Bertz CT molecular complexity index is 427. The largest absolute Gasteiger partial charge is 0.354 e. The molecule has 1 aromatic rings. The molecule has 1 atom stereocenters. The molecule has 1 amide bonds.